The molecule has 0 saturated carbocycles. The first kappa shape index (κ1) is 22.1. The molecule has 1 aliphatic heterocycles. The largest absolute Gasteiger partial charge is 0.493 e. The van der Waals surface area contributed by atoms with Crippen molar-refractivity contribution in [1.82, 2.24) is 0 Å². The lowest BCUT2D eigenvalue weighted by Crippen LogP contribution is -2.31. The number of hydrogen-bond acceptors (Lipinski definition) is 4. The Hall–Kier alpha value is -2.59. The van der Waals surface area contributed by atoms with Gasteiger partial charge in [-0.05, 0) is 55.5 Å². The second-order valence-corrected chi connectivity index (χ2v) is 7.85. The van der Waals surface area contributed by atoms with Gasteiger partial charge in [-0.3, -0.25) is 0 Å². The Balaban J connectivity index is 1.81. The van der Waals surface area contributed by atoms with E-state index in [1.54, 1.807) is 26.2 Å². The zero-order valence-electron chi connectivity index (χ0n) is 18.3. The van der Waals surface area contributed by atoms with Crippen LogP contribution in [-0.4, -0.2) is 32.9 Å². The fraction of sp³-hybridized carbons (Fsp3) is 0.423. The summed E-state index contributed by atoms with van der Waals surface area (Å²) in [4.78, 5) is 11.8. The third-order valence-electron chi connectivity index (χ3n) is 5.67. The van der Waals surface area contributed by atoms with E-state index in [0.717, 1.165) is 55.8 Å². The van der Waals surface area contributed by atoms with Crippen LogP contribution in [0.3, 0.4) is 0 Å². The highest BCUT2D eigenvalue weighted by Gasteiger charge is 2.35. The molecule has 0 spiro atoms. The fourth-order valence-electron chi connectivity index (χ4n) is 4.30. The molecule has 0 saturated heterocycles. The van der Waals surface area contributed by atoms with Crippen molar-refractivity contribution in [2.24, 2.45) is 0 Å². The maximum atomic E-state index is 11.8. The van der Waals surface area contributed by atoms with Crippen LogP contribution < -0.4 is 4.74 Å². The number of benzene rings is 2. The third-order valence-corrected chi connectivity index (χ3v) is 5.67. The molecule has 0 amide bonds. The lowest BCUT2D eigenvalue weighted by Gasteiger charge is -2.33. The topological polar surface area (TPSA) is 44.8 Å². The van der Waals surface area contributed by atoms with Gasteiger partial charge in [-0.25, -0.2) is 4.79 Å². The van der Waals surface area contributed by atoms with Crippen molar-refractivity contribution < 1.29 is 19.0 Å². The molecule has 0 N–H and O–H groups in total. The minimum Gasteiger partial charge on any atom is -0.493 e. The molecule has 4 nitrogen and oxygen atoms in total. The average molecular weight is 409 g/mol. The molecule has 2 aromatic rings. The van der Waals surface area contributed by atoms with Crippen molar-refractivity contribution in [3.8, 4) is 5.75 Å². The minimum atomic E-state index is -0.289. The second-order valence-electron chi connectivity index (χ2n) is 7.85. The van der Waals surface area contributed by atoms with E-state index < -0.39 is 0 Å². The van der Waals surface area contributed by atoms with Gasteiger partial charge in [-0.2, -0.15) is 0 Å². The van der Waals surface area contributed by atoms with Crippen molar-refractivity contribution >= 4 is 18.1 Å². The molecule has 1 aliphatic rings. The van der Waals surface area contributed by atoms with E-state index in [1.807, 2.05) is 18.2 Å². The zero-order valence-corrected chi connectivity index (χ0v) is 18.3. The molecule has 1 atom stereocenters. The van der Waals surface area contributed by atoms with Gasteiger partial charge in [0.2, 0.25) is 0 Å². The number of hydrogen-bond donors (Lipinski definition) is 0. The molecule has 1 heterocycles. The molecule has 160 valence electrons. The number of esters is 1. The molecule has 2 aromatic carbocycles. The van der Waals surface area contributed by atoms with Crippen LogP contribution >= 0.6 is 0 Å². The average Bonchev–Trinajstić information content (AvgIpc) is 2.93. The molecule has 3 rings (SSSR count). The summed E-state index contributed by atoms with van der Waals surface area (Å²) in [5, 5.41) is 0. The van der Waals surface area contributed by atoms with Crippen LogP contribution in [0.25, 0.3) is 12.2 Å². The molecule has 0 fully saturated rings. The zero-order chi connectivity index (χ0) is 21.4. The highest BCUT2D eigenvalue weighted by atomic mass is 16.5. The normalized spacial score (nSPS) is 18.5. The molecule has 4 heteroatoms. The molecule has 0 aromatic heterocycles. The van der Waals surface area contributed by atoms with Crippen LogP contribution in [0.15, 0.2) is 42.5 Å². The first-order valence-corrected chi connectivity index (χ1v) is 10.8. The van der Waals surface area contributed by atoms with Crippen molar-refractivity contribution in [3.05, 3.63) is 64.7 Å². The maximum Gasteiger partial charge on any atom is 0.338 e. The van der Waals surface area contributed by atoms with Crippen LogP contribution in [0.5, 0.6) is 5.75 Å². The minimum absolute atomic E-state index is 0.0283. The Morgan fingerprint density at radius 2 is 1.83 bits per heavy atom. The number of methoxy groups -OCH3 is 1. The summed E-state index contributed by atoms with van der Waals surface area (Å²) in [5.74, 6) is 0.681. The molecule has 0 bridgehead atoms. The van der Waals surface area contributed by atoms with Crippen molar-refractivity contribution in [3.63, 3.8) is 0 Å². The number of rotatable bonds is 8. The lowest BCUT2D eigenvalue weighted by atomic mass is 9.74. The van der Waals surface area contributed by atoms with Crippen LogP contribution in [0.4, 0.5) is 0 Å². The summed E-state index contributed by atoms with van der Waals surface area (Å²) in [6, 6.07) is 13.9. The smallest absolute Gasteiger partial charge is 0.338 e. The fourth-order valence-corrected chi connectivity index (χ4v) is 4.30. The summed E-state index contributed by atoms with van der Waals surface area (Å²) in [6.07, 6.45) is 8.46. The van der Waals surface area contributed by atoms with Gasteiger partial charge in [-0.15, -0.1) is 0 Å². The van der Waals surface area contributed by atoms with Gasteiger partial charge in [0.15, 0.2) is 0 Å². The van der Waals surface area contributed by atoms with Gasteiger partial charge in [0.25, 0.3) is 0 Å². The van der Waals surface area contributed by atoms with Gasteiger partial charge >= 0.3 is 5.97 Å². The van der Waals surface area contributed by atoms with E-state index in [1.165, 1.54) is 5.56 Å². The lowest BCUT2D eigenvalue weighted by molar-refractivity contribution is 0.0526. The summed E-state index contributed by atoms with van der Waals surface area (Å²) < 4.78 is 16.8. The summed E-state index contributed by atoms with van der Waals surface area (Å²) in [6.45, 7) is 5.88. The number of fused-ring (bicyclic) bond motifs is 1. The SMILES string of the molecule is CCCC1(COC)CCCOc2cc(C=Cc3ccc(C(=O)OCC)cc3)ccc21. The number of carbonyl (C=O) groups is 1. The molecular formula is C26H32O4. The Kier molecular flexibility index (Phi) is 7.69. The molecular weight excluding hydrogens is 376 g/mol. The van der Waals surface area contributed by atoms with Crippen LogP contribution in [0, 0.1) is 0 Å². The predicted molar refractivity (Wildman–Crippen MR) is 121 cm³/mol. The first-order valence-electron chi connectivity index (χ1n) is 10.8. The Morgan fingerprint density at radius 3 is 2.53 bits per heavy atom. The van der Waals surface area contributed by atoms with E-state index in [2.05, 4.69) is 31.2 Å². The predicted octanol–water partition coefficient (Wildman–Crippen LogP) is 5.89. The van der Waals surface area contributed by atoms with E-state index in [-0.39, 0.29) is 11.4 Å². The first-order chi connectivity index (χ1) is 14.6. The van der Waals surface area contributed by atoms with E-state index >= 15 is 0 Å². The van der Waals surface area contributed by atoms with Crippen LogP contribution in [0.2, 0.25) is 0 Å². The van der Waals surface area contributed by atoms with Gasteiger partial charge in [-0.1, -0.05) is 49.8 Å². The quantitative estimate of drug-likeness (QED) is 0.403. The molecule has 30 heavy (non-hydrogen) atoms. The monoisotopic (exact) mass is 408 g/mol. The van der Waals surface area contributed by atoms with Gasteiger partial charge in [0.1, 0.15) is 5.75 Å². The molecule has 0 aliphatic carbocycles. The Morgan fingerprint density at radius 1 is 1.10 bits per heavy atom. The van der Waals surface area contributed by atoms with Gasteiger partial charge in [0, 0.05) is 18.1 Å². The maximum absolute atomic E-state index is 11.8. The van der Waals surface area contributed by atoms with Crippen molar-refractivity contribution in [2.45, 2.75) is 44.9 Å². The summed E-state index contributed by atoms with van der Waals surface area (Å²) in [5.41, 5.74) is 3.98. The summed E-state index contributed by atoms with van der Waals surface area (Å²) in [7, 11) is 1.78. The number of carbonyl (C=O) groups excluding carboxylic acids is 1. The van der Waals surface area contributed by atoms with Crippen molar-refractivity contribution in [2.75, 3.05) is 26.9 Å². The molecule has 0 radical (unpaired) electrons. The molecule has 1 unspecified atom stereocenters. The van der Waals surface area contributed by atoms with Crippen molar-refractivity contribution in [1.29, 1.82) is 0 Å². The Labute approximate surface area is 179 Å². The van der Waals surface area contributed by atoms with E-state index in [4.69, 9.17) is 14.2 Å². The standard InChI is InChI=1S/C26H32O4/c1-4-15-26(19-28-3)16-6-17-30-24-18-21(11-14-23(24)26)8-7-20-9-12-22(13-10-20)25(27)29-5-2/h7-14,18H,4-6,15-17,19H2,1-3H3. The van der Waals surface area contributed by atoms with Crippen LogP contribution in [0.1, 0.15) is 66.6 Å². The highest BCUT2D eigenvalue weighted by Crippen LogP contribution is 2.42. The van der Waals surface area contributed by atoms with E-state index in [9.17, 15) is 4.79 Å². The Bertz CT molecular complexity index is 861. The summed E-state index contributed by atoms with van der Waals surface area (Å²) >= 11 is 0. The van der Waals surface area contributed by atoms with Gasteiger partial charge in [0.05, 0.1) is 25.4 Å². The van der Waals surface area contributed by atoms with Gasteiger partial charge < -0.3 is 14.2 Å². The highest BCUT2D eigenvalue weighted by molar-refractivity contribution is 5.89. The van der Waals surface area contributed by atoms with E-state index in [0.29, 0.717) is 12.2 Å². The second kappa shape index (κ2) is 10.4. The number of ether oxygens (including phenoxy) is 3. The third kappa shape index (κ3) is 5.11. The van der Waals surface area contributed by atoms with Crippen LogP contribution in [-0.2, 0) is 14.9 Å².